The molecule has 2 heterocycles. The molecule has 1 aliphatic heterocycles. The molecule has 1 aromatic carbocycles. The molecule has 1 aliphatic carbocycles. The highest BCUT2D eigenvalue weighted by Crippen LogP contribution is 2.26. The van der Waals surface area contributed by atoms with Gasteiger partial charge in [-0.25, -0.2) is 13.8 Å². The summed E-state index contributed by atoms with van der Waals surface area (Å²) in [5.74, 6) is -0.378. The Morgan fingerprint density at radius 2 is 1.50 bits per heavy atom. The molecular formula is C24H27F2N3O4S. The Hall–Kier alpha value is -2.88. The van der Waals surface area contributed by atoms with Gasteiger partial charge in [-0.3, -0.25) is 9.59 Å². The maximum absolute atomic E-state index is 13.8. The number of aromatic hydroxyl groups is 1. The first-order valence-electron chi connectivity index (χ1n) is 11.4. The first kappa shape index (κ1) is 24.3. The Morgan fingerprint density at radius 1 is 0.912 bits per heavy atom. The predicted octanol–water partition coefficient (Wildman–Crippen LogP) is 3.81. The molecule has 3 N–H and O–H groups in total. The van der Waals surface area contributed by atoms with Crippen LogP contribution in [0.15, 0.2) is 30.5 Å². The number of carbonyl (C=O) groups is 2. The number of phenols is 1. The van der Waals surface area contributed by atoms with Crippen LogP contribution in [0.2, 0.25) is 0 Å². The minimum atomic E-state index is -0.608. The highest BCUT2D eigenvalue weighted by atomic mass is 32.2. The minimum Gasteiger partial charge on any atom is -0.507 e. The van der Waals surface area contributed by atoms with E-state index in [0.29, 0.717) is 25.7 Å². The zero-order valence-electron chi connectivity index (χ0n) is 18.6. The van der Waals surface area contributed by atoms with Crippen molar-refractivity contribution in [3.05, 3.63) is 53.2 Å². The first-order valence-corrected chi connectivity index (χ1v) is 12.5. The Morgan fingerprint density at radius 3 is 2.15 bits per heavy atom. The fourth-order valence-electron chi connectivity index (χ4n) is 4.23. The molecule has 0 spiro atoms. The van der Waals surface area contributed by atoms with Crippen LogP contribution in [0.3, 0.4) is 0 Å². The van der Waals surface area contributed by atoms with Crippen molar-refractivity contribution in [1.29, 1.82) is 0 Å². The van der Waals surface area contributed by atoms with E-state index in [4.69, 9.17) is 4.74 Å². The Balaban J connectivity index is 1.32. The lowest BCUT2D eigenvalue weighted by atomic mass is 9.90. The van der Waals surface area contributed by atoms with Gasteiger partial charge in [0, 0.05) is 12.1 Å². The number of phenolic OH excluding ortho intramolecular Hbond substituents is 1. The van der Waals surface area contributed by atoms with Crippen molar-refractivity contribution in [1.82, 2.24) is 15.6 Å². The van der Waals surface area contributed by atoms with Crippen LogP contribution in [-0.4, -0.2) is 51.6 Å². The minimum absolute atomic E-state index is 0.0395. The summed E-state index contributed by atoms with van der Waals surface area (Å²) in [6, 6.07) is 4.05. The van der Waals surface area contributed by atoms with E-state index >= 15 is 0 Å². The molecule has 2 aliphatic rings. The van der Waals surface area contributed by atoms with Crippen molar-refractivity contribution < 1.29 is 28.2 Å². The number of carbonyl (C=O) groups excluding carboxylic acids is 2. The number of aromatic nitrogens is 1. The second kappa shape index (κ2) is 11.0. The summed E-state index contributed by atoms with van der Waals surface area (Å²) in [5.41, 5.74) is -0.0339. The van der Waals surface area contributed by atoms with Crippen LogP contribution in [0.5, 0.6) is 11.6 Å². The molecule has 0 unspecified atom stereocenters. The molecule has 0 bridgehead atoms. The van der Waals surface area contributed by atoms with Crippen molar-refractivity contribution >= 4 is 23.6 Å². The molecule has 2 aromatic rings. The molecule has 0 radical (unpaired) electrons. The number of amides is 2. The summed E-state index contributed by atoms with van der Waals surface area (Å²) in [4.78, 5) is 29.3. The van der Waals surface area contributed by atoms with E-state index in [9.17, 15) is 23.5 Å². The second-order valence-corrected chi connectivity index (χ2v) is 9.82. The quantitative estimate of drug-likeness (QED) is 0.568. The average Bonchev–Trinajstić information content (AvgIpc) is 2.83. The molecule has 182 valence electrons. The normalized spacial score (nSPS) is 21.0. The fourth-order valence-corrected chi connectivity index (χ4v) is 5.30. The zero-order chi connectivity index (χ0) is 24.1. The maximum Gasteiger partial charge on any atom is 0.257 e. The Bertz CT molecular complexity index is 1040. The van der Waals surface area contributed by atoms with Gasteiger partial charge in [0.25, 0.3) is 11.8 Å². The number of rotatable bonds is 6. The van der Waals surface area contributed by atoms with Gasteiger partial charge in [0.15, 0.2) is 0 Å². The molecule has 4 rings (SSSR count). The monoisotopic (exact) mass is 491 g/mol. The summed E-state index contributed by atoms with van der Waals surface area (Å²) in [6.45, 7) is 0. The summed E-state index contributed by atoms with van der Waals surface area (Å²) in [6.07, 6.45) is 5.11. The molecule has 7 nitrogen and oxygen atoms in total. The number of hydrogen-bond acceptors (Lipinski definition) is 6. The Kier molecular flexibility index (Phi) is 7.87. The van der Waals surface area contributed by atoms with E-state index < -0.39 is 23.4 Å². The molecule has 1 saturated heterocycles. The number of nitrogens with zero attached hydrogens (tertiary/aromatic N) is 1. The van der Waals surface area contributed by atoms with Crippen LogP contribution >= 0.6 is 11.8 Å². The van der Waals surface area contributed by atoms with Crippen molar-refractivity contribution in [3.63, 3.8) is 0 Å². The van der Waals surface area contributed by atoms with Crippen LogP contribution in [0.25, 0.3) is 0 Å². The standard InChI is InChI=1S/C24H27F2N3O4S/c25-14-1-6-21(30)19(11-14)22(31)28-16-2-4-17(5-3-16)29-23(32)20-12-15(26)13-27-24(20)33-18-7-9-34-10-8-18/h1,6,11-13,16-18,30H,2-5,7-10H2,(H,28,31)(H,29,32). The molecule has 10 heteroatoms. The first-order chi connectivity index (χ1) is 16.4. The number of thioether (sulfide) groups is 1. The maximum atomic E-state index is 13.8. The molecular weight excluding hydrogens is 464 g/mol. The average molecular weight is 492 g/mol. The molecule has 2 fully saturated rings. The van der Waals surface area contributed by atoms with Crippen LogP contribution in [-0.2, 0) is 0 Å². The van der Waals surface area contributed by atoms with E-state index in [0.717, 1.165) is 54.8 Å². The lowest BCUT2D eigenvalue weighted by molar-refractivity contribution is 0.0884. The number of ether oxygens (including phenoxy) is 1. The lowest BCUT2D eigenvalue weighted by Crippen LogP contribution is -2.44. The largest absolute Gasteiger partial charge is 0.507 e. The highest BCUT2D eigenvalue weighted by Gasteiger charge is 2.27. The van der Waals surface area contributed by atoms with Gasteiger partial charge in [0.1, 0.15) is 29.1 Å². The fraction of sp³-hybridized carbons (Fsp3) is 0.458. The van der Waals surface area contributed by atoms with Crippen molar-refractivity contribution in [2.75, 3.05) is 11.5 Å². The van der Waals surface area contributed by atoms with E-state index in [1.165, 1.54) is 0 Å². The molecule has 34 heavy (non-hydrogen) atoms. The van der Waals surface area contributed by atoms with E-state index in [1.54, 1.807) is 0 Å². The molecule has 1 saturated carbocycles. The zero-order valence-corrected chi connectivity index (χ0v) is 19.4. The third kappa shape index (κ3) is 6.16. The summed E-state index contributed by atoms with van der Waals surface area (Å²) in [7, 11) is 0. The van der Waals surface area contributed by atoms with Crippen molar-refractivity contribution in [2.24, 2.45) is 0 Å². The summed E-state index contributed by atoms with van der Waals surface area (Å²) >= 11 is 1.85. The van der Waals surface area contributed by atoms with Crippen LogP contribution in [0.1, 0.15) is 59.2 Å². The summed E-state index contributed by atoms with van der Waals surface area (Å²) in [5, 5.41) is 15.6. The number of pyridine rings is 1. The molecule has 1 aromatic heterocycles. The van der Waals surface area contributed by atoms with Crippen molar-refractivity contribution in [2.45, 2.75) is 56.7 Å². The van der Waals surface area contributed by atoms with Gasteiger partial charge in [-0.15, -0.1) is 0 Å². The number of benzene rings is 1. The van der Waals surface area contributed by atoms with Gasteiger partial charge < -0.3 is 20.5 Å². The molecule has 2 amide bonds. The van der Waals surface area contributed by atoms with E-state index in [1.807, 2.05) is 11.8 Å². The third-order valence-electron chi connectivity index (χ3n) is 6.11. The van der Waals surface area contributed by atoms with Crippen LogP contribution < -0.4 is 15.4 Å². The van der Waals surface area contributed by atoms with Gasteiger partial charge >= 0.3 is 0 Å². The molecule has 0 atom stereocenters. The lowest BCUT2D eigenvalue weighted by Gasteiger charge is -2.30. The third-order valence-corrected chi connectivity index (χ3v) is 7.16. The smallest absolute Gasteiger partial charge is 0.257 e. The topological polar surface area (TPSA) is 101 Å². The van der Waals surface area contributed by atoms with Gasteiger partial charge in [0.05, 0.1) is 11.8 Å². The second-order valence-electron chi connectivity index (χ2n) is 8.59. The van der Waals surface area contributed by atoms with Gasteiger partial charge in [0.2, 0.25) is 5.88 Å². The van der Waals surface area contributed by atoms with Gasteiger partial charge in [-0.05, 0) is 74.3 Å². The Labute approximate surface area is 200 Å². The van der Waals surface area contributed by atoms with E-state index in [-0.39, 0.29) is 40.9 Å². The number of hydrogen-bond donors (Lipinski definition) is 3. The predicted molar refractivity (Wildman–Crippen MR) is 124 cm³/mol. The van der Waals surface area contributed by atoms with E-state index in [2.05, 4.69) is 15.6 Å². The van der Waals surface area contributed by atoms with Crippen molar-refractivity contribution in [3.8, 4) is 11.6 Å². The van der Waals surface area contributed by atoms with Crippen LogP contribution in [0.4, 0.5) is 8.78 Å². The van der Waals surface area contributed by atoms with Gasteiger partial charge in [-0.2, -0.15) is 11.8 Å². The van der Waals surface area contributed by atoms with Gasteiger partial charge in [-0.1, -0.05) is 0 Å². The number of nitrogens with one attached hydrogen (secondary N) is 2. The SMILES string of the molecule is O=C(NC1CCC(NC(=O)c2cc(F)cnc2OC2CCSCC2)CC1)c1cc(F)ccc1O. The van der Waals surface area contributed by atoms with Crippen LogP contribution in [0, 0.1) is 11.6 Å². The highest BCUT2D eigenvalue weighted by molar-refractivity contribution is 7.99. The number of halogens is 2. The summed E-state index contributed by atoms with van der Waals surface area (Å²) < 4.78 is 33.2.